The highest BCUT2D eigenvalue weighted by Crippen LogP contribution is 2.38. The topological polar surface area (TPSA) is 64.2 Å². The smallest absolute Gasteiger partial charge is 0.416 e. The van der Waals surface area contributed by atoms with Gasteiger partial charge in [-0.25, -0.2) is 0 Å². The molecule has 8 heteroatoms. The first-order valence-electron chi connectivity index (χ1n) is 10.7. The van der Waals surface area contributed by atoms with Gasteiger partial charge in [-0.3, -0.25) is 4.21 Å². The van der Waals surface area contributed by atoms with Crippen LogP contribution in [0.5, 0.6) is 0 Å². The summed E-state index contributed by atoms with van der Waals surface area (Å²) >= 11 is -2.65. The molecule has 3 atom stereocenters. The molecule has 168 valence electrons. The zero-order valence-corrected chi connectivity index (χ0v) is 17.9. The van der Waals surface area contributed by atoms with Crippen LogP contribution in [0, 0.1) is 5.92 Å². The van der Waals surface area contributed by atoms with Crippen LogP contribution in [-0.2, 0) is 17.3 Å². The SMILES string of the molecule is O=S([O-])c1ccc(C(F)(F)F)cc1C1NCC(CCC2CCCC2)Nc2ccccc21. The molecule has 1 fully saturated rings. The monoisotopic (exact) mass is 451 g/mol. The standard InChI is InChI=1S/C23H27F3N2O2S/c24-23(25,26)16-10-12-21(31(29)30)19(13-16)22-18-7-3-4-8-20(18)28-17(14-27-22)11-9-15-5-1-2-6-15/h3-4,7-8,10,12-13,15,17,22,27-28H,1-2,5-6,9,11,14H2,(H,29,30)/p-1. The molecule has 0 aromatic heterocycles. The fraction of sp³-hybridized carbons (Fsp3) is 0.478. The van der Waals surface area contributed by atoms with Gasteiger partial charge < -0.3 is 15.2 Å². The van der Waals surface area contributed by atoms with Crippen molar-refractivity contribution in [1.29, 1.82) is 0 Å². The lowest BCUT2D eigenvalue weighted by atomic mass is 9.95. The van der Waals surface area contributed by atoms with Crippen molar-refractivity contribution in [2.75, 3.05) is 11.9 Å². The number of benzene rings is 2. The van der Waals surface area contributed by atoms with Crippen molar-refractivity contribution < 1.29 is 21.9 Å². The van der Waals surface area contributed by atoms with Crippen LogP contribution in [-0.4, -0.2) is 21.3 Å². The summed E-state index contributed by atoms with van der Waals surface area (Å²) in [6.07, 6.45) is 2.63. The molecule has 0 spiro atoms. The molecule has 1 aliphatic carbocycles. The minimum Gasteiger partial charge on any atom is -0.768 e. The molecular formula is C23H26F3N2O2S-. The van der Waals surface area contributed by atoms with E-state index in [2.05, 4.69) is 10.6 Å². The van der Waals surface area contributed by atoms with E-state index in [1.54, 1.807) is 0 Å². The minimum absolute atomic E-state index is 0.119. The molecule has 1 saturated carbocycles. The molecule has 0 amide bonds. The summed E-state index contributed by atoms with van der Waals surface area (Å²) in [5.74, 6) is 0.744. The zero-order valence-electron chi connectivity index (χ0n) is 17.1. The number of para-hydroxylation sites is 1. The van der Waals surface area contributed by atoms with E-state index in [4.69, 9.17) is 0 Å². The van der Waals surface area contributed by atoms with Crippen LogP contribution in [0.25, 0.3) is 0 Å². The Hall–Kier alpha value is -1.90. The number of halogens is 3. The van der Waals surface area contributed by atoms with Crippen molar-refractivity contribution in [2.45, 2.75) is 61.7 Å². The summed E-state index contributed by atoms with van der Waals surface area (Å²) in [6, 6.07) is 9.71. The minimum atomic E-state index is -4.55. The number of nitrogens with one attached hydrogen (secondary N) is 2. The predicted octanol–water partition coefficient (Wildman–Crippen LogP) is 5.39. The normalized spacial score (nSPS) is 23.1. The fourth-order valence-electron chi connectivity index (χ4n) is 4.81. The van der Waals surface area contributed by atoms with Crippen molar-refractivity contribution in [3.05, 3.63) is 59.2 Å². The Morgan fingerprint density at radius 2 is 1.77 bits per heavy atom. The van der Waals surface area contributed by atoms with Crippen molar-refractivity contribution in [1.82, 2.24) is 5.32 Å². The van der Waals surface area contributed by atoms with Gasteiger partial charge in [-0.1, -0.05) is 43.9 Å². The Kier molecular flexibility index (Phi) is 6.69. The summed E-state index contributed by atoms with van der Waals surface area (Å²) in [5, 5.41) is 6.89. The molecule has 4 nitrogen and oxygen atoms in total. The Bertz CT molecular complexity index is 945. The third-order valence-electron chi connectivity index (χ3n) is 6.43. The Balaban J connectivity index is 1.66. The molecule has 2 aromatic rings. The molecule has 2 aromatic carbocycles. The van der Waals surface area contributed by atoms with E-state index in [1.165, 1.54) is 25.7 Å². The second kappa shape index (κ2) is 9.30. The van der Waals surface area contributed by atoms with E-state index >= 15 is 0 Å². The second-order valence-corrected chi connectivity index (χ2v) is 9.39. The summed E-state index contributed by atoms with van der Waals surface area (Å²) < 4.78 is 63.7. The average molecular weight is 452 g/mol. The maximum absolute atomic E-state index is 13.4. The maximum Gasteiger partial charge on any atom is 0.416 e. The van der Waals surface area contributed by atoms with Gasteiger partial charge in [-0.2, -0.15) is 13.2 Å². The third-order valence-corrected chi connectivity index (χ3v) is 7.16. The Morgan fingerprint density at radius 3 is 2.48 bits per heavy atom. The van der Waals surface area contributed by atoms with Crippen molar-refractivity contribution >= 4 is 16.8 Å². The number of rotatable bonds is 5. The highest BCUT2D eigenvalue weighted by Gasteiger charge is 2.33. The van der Waals surface area contributed by atoms with E-state index < -0.39 is 28.9 Å². The zero-order chi connectivity index (χ0) is 22.0. The first-order valence-corrected chi connectivity index (χ1v) is 11.8. The quantitative estimate of drug-likeness (QED) is 0.599. The number of hydrogen-bond donors (Lipinski definition) is 2. The lowest BCUT2D eigenvalue weighted by molar-refractivity contribution is -0.137. The molecule has 3 unspecified atom stereocenters. The van der Waals surface area contributed by atoms with Gasteiger partial charge in [-0.15, -0.1) is 0 Å². The summed E-state index contributed by atoms with van der Waals surface area (Å²) in [7, 11) is 0. The van der Waals surface area contributed by atoms with E-state index in [0.717, 1.165) is 48.2 Å². The molecule has 2 N–H and O–H groups in total. The molecule has 1 aliphatic heterocycles. The Morgan fingerprint density at radius 1 is 1.03 bits per heavy atom. The van der Waals surface area contributed by atoms with Crippen LogP contribution in [0.2, 0.25) is 0 Å². The van der Waals surface area contributed by atoms with Gasteiger partial charge in [-0.05, 0) is 65.2 Å². The second-order valence-electron chi connectivity index (χ2n) is 8.48. The third kappa shape index (κ3) is 5.13. The van der Waals surface area contributed by atoms with E-state index in [1.807, 2.05) is 24.3 Å². The van der Waals surface area contributed by atoms with Gasteiger partial charge in [0.1, 0.15) is 0 Å². The molecule has 0 saturated heterocycles. The van der Waals surface area contributed by atoms with Gasteiger partial charge in [0, 0.05) is 23.2 Å². The van der Waals surface area contributed by atoms with Crippen LogP contribution in [0.3, 0.4) is 0 Å². The van der Waals surface area contributed by atoms with Crippen molar-refractivity contribution in [2.24, 2.45) is 5.92 Å². The van der Waals surface area contributed by atoms with Gasteiger partial charge in [0.2, 0.25) is 0 Å². The Labute approximate surface area is 182 Å². The molecule has 0 bridgehead atoms. The molecule has 0 radical (unpaired) electrons. The summed E-state index contributed by atoms with van der Waals surface area (Å²) in [6.45, 7) is 0.535. The van der Waals surface area contributed by atoms with Crippen LogP contribution in [0.1, 0.15) is 61.3 Å². The van der Waals surface area contributed by atoms with Crippen LogP contribution in [0.4, 0.5) is 18.9 Å². The summed E-state index contributed by atoms with van der Waals surface area (Å²) in [5.41, 5.74) is 0.839. The van der Waals surface area contributed by atoms with Gasteiger partial charge in [0.25, 0.3) is 0 Å². The van der Waals surface area contributed by atoms with Crippen molar-refractivity contribution in [3.8, 4) is 0 Å². The number of hydrogen-bond acceptors (Lipinski definition) is 4. The molecule has 1 heterocycles. The van der Waals surface area contributed by atoms with Gasteiger partial charge in [0.15, 0.2) is 0 Å². The van der Waals surface area contributed by atoms with E-state index in [-0.39, 0.29) is 16.5 Å². The van der Waals surface area contributed by atoms with Crippen LogP contribution >= 0.6 is 0 Å². The number of fused-ring (bicyclic) bond motifs is 1. The summed E-state index contributed by atoms with van der Waals surface area (Å²) in [4.78, 5) is -0.121. The fourth-order valence-corrected chi connectivity index (χ4v) is 5.36. The van der Waals surface area contributed by atoms with Gasteiger partial charge >= 0.3 is 6.18 Å². The van der Waals surface area contributed by atoms with E-state index in [9.17, 15) is 21.9 Å². The molecule has 31 heavy (non-hydrogen) atoms. The predicted molar refractivity (Wildman–Crippen MR) is 114 cm³/mol. The van der Waals surface area contributed by atoms with Crippen molar-refractivity contribution in [3.63, 3.8) is 0 Å². The van der Waals surface area contributed by atoms with Crippen LogP contribution < -0.4 is 10.6 Å². The molecular weight excluding hydrogens is 425 g/mol. The highest BCUT2D eigenvalue weighted by atomic mass is 32.2. The first kappa shape index (κ1) is 22.3. The lowest BCUT2D eigenvalue weighted by Gasteiger charge is -2.24. The maximum atomic E-state index is 13.4. The lowest BCUT2D eigenvalue weighted by Crippen LogP contribution is -2.32. The molecule has 2 aliphatic rings. The highest BCUT2D eigenvalue weighted by molar-refractivity contribution is 7.79. The van der Waals surface area contributed by atoms with Gasteiger partial charge in [0.05, 0.1) is 11.6 Å². The van der Waals surface area contributed by atoms with Crippen LogP contribution in [0.15, 0.2) is 47.4 Å². The molecule has 4 rings (SSSR count). The average Bonchev–Trinajstić information content (AvgIpc) is 3.18. The first-order chi connectivity index (χ1) is 14.8. The number of alkyl halides is 3. The van der Waals surface area contributed by atoms with E-state index in [0.29, 0.717) is 6.54 Å². The number of anilines is 1. The largest absolute Gasteiger partial charge is 0.768 e.